The zero-order chi connectivity index (χ0) is 17.6. The molecule has 1 fully saturated rings. The molecule has 1 heterocycles. The van der Waals surface area contributed by atoms with Gasteiger partial charge in [-0.2, -0.15) is 0 Å². The van der Waals surface area contributed by atoms with Gasteiger partial charge >= 0.3 is 0 Å². The highest BCUT2D eigenvalue weighted by atomic mass is 16.3. The van der Waals surface area contributed by atoms with Crippen LogP contribution in [0.2, 0.25) is 0 Å². The molecule has 0 radical (unpaired) electrons. The first kappa shape index (κ1) is 17.6. The van der Waals surface area contributed by atoms with Gasteiger partial charge in [0.05, 0.1) is 12.5 Å². The van der Waals surface area contributed by atoms with E-state index in [9.17, 15) is 9.90 Å². The molecule has 2 aromatic carbocycles. The second-order valence-electron chi connectivity index (χ2n) is 6.82. The Morgan fingerprint density at radius 2 is 1.72 bits per heavy atom. The van der Waals surface area contributed by atoms with E-state index in [0.29, 0.717) is 6.42 Å². The Hall–Kier alpha value is -2.17. The number of aliphatic hydroxyl groups excluding tert-OH is 1. The maximum absolute atomic E-state index is 12.5. The Labute approximate surface area is 149 Å². The number of nitrogens with zero attached hydrogens (tertiary/aromatic N) is 1. The Morgan fingerprint density at radius 1 is 1.08 bits per heavy atom. The Balaban J connectivity index is 1.64. The fraction of sp³-hybridized carbons (Fsp3) is 0.381. The smallest absolute Gasteiger partial charge is 0.228 e. The van der Waals surface area contributed by atoms with Gasteiger partial charge in [-0.1, -0.05) is 42.5 Å². The molecule has 1 aliphatic rings. The number of likely N-dealkylation sites (tertiary alicyclic amines) is 1. The summed E-state index contributed by atoms with van der Waals surface area (Å²) in [6, 6.07) is 16.0. The number of anilines is 1. The van der Waals surface area contributed by atoms with Crippen LogP contribution in [-0.4, -0.2) is 35.1 Å². The van der Waals surface area contributed by atoms with E-state index in [1.165, 1.54) is 0 Å². The highest BCUT2D eigenvalue weighted by Crippen LogP contribution is 2.20. The van der Waals surface area contributed by atoms with Crippen LogP contribution in [0.4, 0.5) is 5.69 Å². The fourth-order valence-electron chi connectivity index (χ4n) is 3.27. The molecule has 4 heteroatoms. The minimum absolute atomic E-state index is 0.0100. The van der Waals surface area contributed by atoms with Crippen LogP contribution >= 0.6 is 0 Å². The van der Waals surface area contributed by atoms with Crippen LogP contribution in [0.5, 0.6) is 0 Å². The number of carbonyl (C=O) groups excluding carboxylic acids is 1. The van der Waals surface area contributed by atoms with Crippen molar-refractivity contribution in [1.82, 2.24) is 4.90 Å². The molecule has 4 nitrogen and oxygen atoms in total. The van der Waals surface area contributed by atoms with Crippen molar-refractivity contribution < 1.29 is 9.90 Å². The van der Waals surface area contributed by atoms with Gasteiger partial charge in [-0.3, -0.25) is 9.69 Å². The largest absolute Gasteiger partial charge is 0.393 e. The predicted octanol–water partition coefficient (Wildman–Crippen LogP) is 3.13. The molecule has 0 atom stereocenters. The van der Waals surface area contributed by atoms with E-state index in [1.807, 2.05) is 49.4 Å². The fourth-order valence-corrected chi connectivity index (χ4v) is 3.27. The molecular formula is C21H26N2O2. The highest BCUT2D eigenvalue weighted by molar-refractivity contribution is 5.93. The standard InChI is InChI=1S/C21H26N2O2/c1-16-6-2-3-7-17(16)14-21(25)22-20-9-5-4-8-18(20)15-23-12-10-19(24)11-13-23/h2-9,19,24H,10-15H2,1H3,(H,22,25). The number of aryl methyl sites for hydroxylation is 1. The summed E-state index contributed by atoms with van der Waals surface area (Å²) in [5.74, 6) is 0.0100. The van der Waals surface area contributed by atoms with Crippen LogP contribution in [0, 0.1) is 6.92 Å². The molecule has 0 aromatic heterocycles. The molecule has 0 saturated carbocycles. The molecule has 0 unspecified atom stereocenters. The second kappa shape index (κ2) is 8.28. The van der Waals surface area contributed by atoms with Gasteiger partial charge in [0.1, 0.15) is 0 Å². The number of hydrogen-bond donors (Lipinski definition) is 2. The summed E-state index contributed by atoms with van der Waals surface area (Å²) in [7, 11) is 0. The first-order valence-corrected chi connectivity index (χ1v) is 8.94. The lowest BCUT2D eigenvalue weighted by atomic mass is 10.0. The number of amides is 1. The minimum atomic E-state index is -0.166. The van der Waals surface area contributed by atoms with Gasteiger partial charge in [-0.15, -0.1) is 0 Å². The van der Waals surface area contributed by atoms with E-state index in [-0.39, 0.29) is 12.0 Å². The number of rotatable bonds is 5. The molecule has 1 amide bonds. The normalized spacial score (nSPS) is 15.9. The quantitative estimate of drug-likeness (QED) is 0.881. The molecule has 3 rings (SSSR count). The van der Waals surface area contributed by atoms with Crippen molar-refractivity contribution >= 4 is 11.6 Å². The molecule has 2 N–H and O–H groups in total. The molecule has 0 bridgehead atoms. The molecule has 2 aromatic rings. The molecular weight excluding hydrogens is 312 g/mol. The lowest BCUT2D eigenvalue weighted by Crippen LogP contribution is -2.35. The summed E-state index contributed by atoms with van der Waals surface area (Å²) in [4.78, 5) is 14.8. The topological polar surface area (TPSA) is 52.6 Å². The van der Waals surface area contributed by atoms with Crippen molar-refractivity contribution in [3.63, 3.8) is 0 Å². The van der Waals surface area contributed by atoms with Crippen molar-refractivity contribution in [2.75, 3.05) is 18.4 Å². The van der Waals surface area contributed by atoms with Gasteiger partial charge in [-0.05, 0) is 42.5 Å². The highest BCUT2D eigenvalue weighted by Gasteiger charge is 2.18. The van der Waals surface area contributed by atoms with E-state index in [2.05, 4.69) is 16.3 Å². The summed E-state index contributed by atoms with van der Waals surface area (Å²) in [5.41, 5.74) is 4.20. The van der Waals surface area contributed by atoms with E-state index >= 15 is 0 Å². The maximum atomic E-state index is 12.5. The van der Waals surface area contributed by atoms with Crippen LogP contribution in [0.15, 0.2) is 48.5 Å². The zero-order valence-corrected chi connectivity index (χ0v) is 14.7. The summed E-state index contributed by atoms with van der Waals surface area (Å²) < 4.78 is 0. The van der Waals surface area contributed by atoms with Crippen molar-refractivity contribution in [3.8, 4) is 0 Å². The lowest BCUT2D eigenvalue weighted by Gasteiger charge is -2.30. The van der Waals surface area contributed by atoms with Crippen LogP contribution < -0.4 is 5.32 Å². The average molecular weight is 338 g/mol. The molecule has 0 aliphatic carbocycles. The van der Waals surface area contributed by atoms with Gasteiger partial charge < -0.3 is 10.4 Å². The lowest BCUT2D eigenvalue weighted by molar-refractivity contribution is -0.115. The molecule has 25 heavy (non-hydrogen) atoms. The number of piperidine rings is 1. The van der Waals surface area contributed by atoms with Crippen LogP contribution in [0.3, 0.4) is 0 Å². The number of hydrogen-bond acceptors (Lipinski definition) is 3. The first-order chi connectivity index (χ1) is 12.1. The monoisotopic (exact) mass is 338 g/mol. The number of nitrogens with one attached hydrogen (secondary N) is 1. The van der Waals surface area contributed by atoms with Crippen molar-refractivity contribution in [2.24, 2.45) is 0 Å². The summed E-state index contributed by atoms with van der Waals surface area (Å²) in [5, 5.41) is 12.7. The van der Waals surface area contributed by atoms with Gasteiger partial charge in [-0.25, -0.2) is 0 Å². The Kier molecular flexibility index (Phi) is 5.84. The minimum Gasteiger partial charge on any atom is -0.393 e. The van der Waals surface area contributed by atoms with E-state index in [4.69, 9.17) is 0 Å². The molecule has 1 saturated heterocycles. The van der Waals surface area contributed by atoms with Gasteiger partial charge in [0.25, 0.3) is 0 Å². The van der Waals surface area contributed by atoms with Crippen LogP contribution in [-0.2, 0) is 17.8 Å². The number of benzene rings is 2. The van der Waals surface area contributed by atoms with Gasteiger partial charge in [0, 0.05) is 25.3 Å². The third kappa shape index (κ3) is 4.91. The third-order valence-corrected chi connectivity index (χ3v) is 4.85. The second-order valence-corrected chi connectivity index (χ2v) is 6.82. The predicted molar refractivity (Wildman–Crippen MR) is 100 cm³/mol. The Bertz CT molecular complexity index is 721. The maximum Gasteiger partial charge on any atom is 0.228 e. The molecule has 132 valence electrons. The van der Waals surface area contributed by atoms with E-state index in [0.717, 1.165) is 54.9 Å². The summed E-state index contributed by atoms with van der Waals surface area (Å²) in [6.07, 6.45) is 1.86. The van der Waals surface area contributed by atoms with Gasteiger partial charge in [0.15, 0.2) is 0 Å². The first-order valence-electron chi connectivity index (χ1n) is 8.94. The number of aliphatic hydroxyl groups is 1. The average Bonchev–Trinajstić information content (AvgIpc) is 2.61. The molecule has 0 spiro atoms. The summed E-state index contributed by atoms with van der Waals surface area (Å²) in [6.45, 7) is 4.62. The van der Waals surface area contributed by atoms with Crippen molar-refractivity contribution in [3.05, 3.63) is 65.2 Å². The van der Waals surface area contributed by atoms with E-state index < -0.39 is 0 Å². The Morgan fingerprint density at radius 3 is 2.44 bits per heavy atom. The van der Waals surface area contributed by atoms with Crippen LogP contribution in [0.25, 0.3) is 0 Å². The summed E-state index contributed by atoms with van der Waals surface area (Å²) >= 11 is 0. The third-order valence-electron chi connectivity index (χ3n) is 4.85. The van der Waals surface area contributed by atoms with Crippen molar-refractivity contribution in [1.29, 1.82) is 0 Å². The number of para-hydroxylation sites is 1. The van der Waals surface area contributed by atoms with Crippen LogP contribution in [0.1, 0.15) is 29.5 Å². The SMILES string of the molecule is Cc1ccccc1CC(=O)Nc1ccccc1CN1CCC(O)CC1. The van der Waals surface area contributed by atoms with E-state index in [1.54, 1.807) is 0 Å². The van der Waals surface area contributed by atoms with Gasteiger partial charge in [0.2, 0.25) is 5.91 Å². The molecule has 1 aliphatic heterocycles. The van der Waals surface area contributed by atoms with Crippen molar-refractivity contribution in [2.45, 2.75) is 38.8 Å². The number of carbonyl (C=O) groups is 1. The zero-order valence-electron chi connectivity index (χ0n) is 14.7.